The molecule has 3 unspecified atom stereocenters. The second-order valence-electron chi connectivity index (χ2n) is 5.04. The van der Waals surface area contributed by atoms with Crippen molar-refractivity contribution < 1.29 is 0 Å². The van der Waals surface area contributed by atoms with Crippen molar-refractivity contribution in [2.45, 2.75) is 19.3 Å². The van der Waals surface area contributed by atoms with Crippen LogP contribution >= 0.6 is 0 Å². The summed E-state index contributed by atoms with van der Waals surface area (Å²) in [5.74, 6) is 2.39. The van der Waals surface area contributed by atoms with Gasteiger partial charge in [0.1, 0.15) is 0 Å². The van der Waals surface area contributed by atoms with Gasteiger partial charge in [0.15, 0.2) is 0 Å². The summed E-state index contributed by atoms with van der Waals surface area (Å²) in [6, 6.07) is 0. The largest absolute Gasteiger partial charge is 0.0810 e. The van der Waals surface area contributed by atoms with E-state index in [4.69, 9.17) is 0 Å². The second kappa shape index (κ2) is 2.31. The Bertz CT molecular complexity index is 417. The Morgan fingerprint density at radius 1 is 1.07 bits per heavy atom. The third kappa shape index (κ3) is 0.796. The van der Waals surface area contributed by atoms with E-state index in [0.717, 1.165) is 17.8 Å². The molecular formula is C14H14. The minimum atomic E-state index is 0.770. The molecule has 0 amide bonds. The highest BCUT2D eigenvalue weighted by Gasteiger charge is 2.35. The van der Waals surface area contributed by atoms with Crippen LogP contribution in [-0.2, 0) is 0 Å². The van der Waals surface area contributed by atoms with Crippen LogP contribution in [0.5, 0.6) is 0 Å². The zero-order chi connectivity index (χ0) is 9.12. The van der Waals surface area contributed by atoms with Crippen LogP contribution in [0.25, 0.3) is 0 Å². The molecule has 0 heterocycles. The minimum absolute atomic E-state index is 0.770. The van der Waals surface area contributed by atoms with Gasteiger partial charge in [-0.2, -0.15) is 0 Å². The van der Waals surface area contributed by atoms with E-state index in [2.05, 4.69) is 30.4 Å². The smallest absolute Gasteiger partial charge is 0.00266 e. The molecule has 4 rings (SSSR count). The fourth-order valence-corrected chi connectivity index (χ4v) is 3.49. The Labute approximate surface area is 84.7 Å². The molecule has 0 saturated heterocycles. The molecule has 70 valence electrons. The lowest BCUT2D eigenvalue weighted by atomic mass is 9.90. The second-order valence-corrected chi connectivity index (χ2v) is 5.04. The van der Waals surface area contributed by atoms with Crippen LogP contribution in [0.2, 0.25) is 0 Å². The normalized spacial score (nSPS) is 41.7. The Hall–Kier alpha value is -1.04. The summed E-state index contributed by atoms with van der Waals surface area (Å²) in [4.78, 5) is 0. The SMILES string of the molecule is C1=CC2CC1=C(C1=CC3C=CC1C3)C2. The van der Waals surface area contributed by atoms with E-state index in [-0.39, 0.29) is 0 Å². The first-order valence-corrected chi connectivity index (χ1v) is 5.71. The molecule has 0 spiro atoms. The maximum atomic E-state index is 2.52. The average Bonchev–Trinajstić information content (AvgIpc) is 2.96. The van der Waals surface area contributed by atoms with Crippen molar-refractivity contribution >= 4 is 0 Å². The summed E-state index contributed by atoms with van der Waals surface area (Å²) in [6.07, 6.45) is 16.1. The molecule has 0 saturated carbocycles. The number of hydrogen-bond donors (Lipinski definition) is 0. The summed E-state index contributed by atoms with van der Waals surface area (Å²) >= 11 is 0. The van der Waals surface area contributed by atoms with E-state index in [0.29, 0.717) is 0 Å². The molecule has 4 aliphatic carbocycles. The van der Waals surface area contributed by atoms with E-state index in [9.17, 15) is 0 Å². The van der Waals surface area contributed by atoms with Gasteiger partial charge in [-0.1, -0.05) is 30.4 Å². The average molecular weight is 182 g/mol. The van der Waals surface area contributed by atoms with Gasteiger partial charge in [0.05, 0.1) is 0 Å². The summed E-state index contributed by atoms with van der Waals surface area (Å²) in [7, 11) is 0. The number of rotatable bonds is 1. The quantitative estimate of drug-likeness (QED) is 0.545. The molecule has 0 aromatic heterocycles. The van der Waals surface area contributed by atoms with Gasteiger partial charge < -0.3 is 0 Å². The molecule has 3 atom stereocenters. The molecule has 0 aromatic rings. The van der Waals surface area contributed by atoms with E-state index in [1.54, 1.807) is 16.7 Å². The van der Waals surface area contributed by atoms with E-state index in [1.807, 2.05) is 0 Å². The molecule has 0 N–H and O–H groups in total. The number of fused-ring (bicyclic) bond motifs is 4. The lowest BCUT2D eigenvalue weighted by Gasteiger charge is -2.15. The lowest BCUT2D eigenvalue weighted by Crippen LogP contribution is -2.00. The third-order valence-corrected chi connectivity index (χ3v) is 4.16. The van der Waals surface area contributed by atoms with Gasteiger partial charge in [0.25, 0.3) is 0 Å². The van der Waals surface area contributed by atoms with Crippen LogP contribution in [0, 0.1) is 17.8 Å². The molecular weight excluding hydrogens is 168 g/mol. The van der Waals surface area contributed by atoms with Crippen molar-refractivity contribution in [2.24, 2.45) is 17.8 Å². The summed E-state index contributed by atoms with van der Waals surface area (Å²) in [5, 5.41) is 0. The first kappa shape index (κ1) is 7.28. The molecule has 0 aromatic carbocycles. The van der Waals surface area contributed by atoms with Gasteiger partial charge in [-0.25, -0.2) is 0 Å². The van der Waals surface area contributed by atoms with E-state index < -0.39 is 0 Å². The highest BCUT2D eigenvalue weighted by molar-refractivity contribution is 5.53. The summed E-state index contributed by atoms with van der Waals surface area (Å²) < 4.78 is 0. The molecule has 4 aliphatic rings. The van der Waals surface area contributed by atoms with Crippen LogP contribution in [0.1, 0.15) is 19.3 Å². The molecule has 4 bridgehead atoms. The lowest BCUT2D eigenvalue weighted by molar-refractivity contribution is 0.690. The van der Waals surface area contributed by atoms with Crippen LogP contribution in [-0.4, -0.2) is 0 Å². The van der Waals surface area contributed by atoms with Crippen molar-refractivity contribution in [2.75, 3.05) is 0 Å². The molecule has 0 radical (unpaired) electrons. The standard InChI is InChI=1S/C14H14/c1-3-11-5-9(1)7-13(11)14-8-10-2-4-12(14)6-10/h1-4,7,9-11H,5-6,8H2. The topological polar surface area (TPSA) is 0 Å². The Morgan fingerprint density at radius 3 is 2.64 bits per heavy atom. The van der Waals surface area contributed by atoms with Crippen molar-refractivity contribution in [1.29, 1.82) is 0 Å². The number of allylic oxidation sites excluding steroid dienone is 8. The fraction of sp³-hybridized carbons (Fsp3) is 0.429. The van der Waals surface area contributed by atoms with Crippen molar-refractivity contribution in [3.05, 3.63) is 47.1 Å². The van der Waals surface area contributed by atoms with Gasteiger partial charge in [0.2, 0.25) is 0 Å². The predicted molar refractivity (Wildman–Crippen MR) is 57.7 cm³/mol. The van der Waals surface area contributed by atoms with Crippen LogP contribution in [0.15, 0.2) is 47.1 Å². The first-order valence-electron chi connectivity index (χ1n) is 5.71. The molecule has 0 heteroatoms. The van der Waals surface area contributed by atoms with Gasteiger partial charge >= 0.3 is 0 Å². The molecule has 0 aliphatic heterocycles. The van der Waals surface area contributed by atoms with Crippen molar-refractivity contribution in [3.8, 4) is 0 Å². The zero-order valence-corrected chi connectivity index (χ0v) is 8.24. The fourth-order valence-electron chi connectivity index (χ4n) is 3.49. The Kier molecular flexibility index (Phi) is 1.20. The minimum Gasteiger partial charge on any atom is -0.0810 e. The van der Waals surface area contributed by atoms with Crippen LogP contribution in [0.3, 0.4) is 0 Å². The number of hydrogen-bond acceptors (Lipinski definition) is 0. The summed E-state index contributed by atoms with van der Waals surface area (Å²) in [5.41, 5.74) is 5.02. The van der Waals surface area contributed by atoms with Gasteiger partial charge in [0, 0.05) is 5.92 Å². The van der Waals surface area contributed by atoms with Crippen LogP contribution in [0.4, 0.5) is 0 Å². The van der Waals surface area contributed by atoms with Gasteiger partial charge in [-0.05, 0) is 47.8 Å². The Morgan fingerprint density at radius 2 is 2.07 bits per heavy atom. The highest BCUT2D eigenvalue weighted by atomic mass is 14.4. The molecule has 0 nitrogen and oxygen atoms in total. The van der Waals surface area contributed by atoms with E-state index >= 15 is 0 Å². The monoisotopic (exact) mass is 182 g/mol. The zero-order valence-electron chi connectivity index (χ0n) is 8.24. The molecule has 0 fully saturated rings. The van der Waals surface area contributed by atoms with Crippen molar-refractivity contribution in [1.82, 2.24) is 0 Å². The summed E-state index contributed by atoms with van der Waals surface area (Å²) in [6.45, 7) is 0. The maximum absolute atomic E-state index is 2.52. The van der Waals surface area contributed by atoms with Gasteiger partial charge in [-0.15, -0.1) is 0 Å². The van der Waals surface area contributed by atoms with Crippen LogP contribution < -0.4 is 0 Å². The van der Waals surface area contributed by atoms with Gasteiger partial charge in [-0.3, -0.25) is 0 Å². The molecule has 14 heavy (non-hydrogen) atoms. The predicted octanol–water partition coefficient (Wildman–Crippen LogP) is 3.40. The Balaban J connectivity index is 1.78. The third-order valence-electron chi connectivity index (χ3n) is 4.16. The van der Waals surface area contributed by atoms with E-state index in [1.165, 1.54) is 19.3 Å². The first-order chi connectivity index (χ1) is 6.90. The highest BCUT2D eigenvalue weighted by Crippen LogP contribution is 2.49. The maximum Gasteiger partial charge on any atom is 0.00266 e. The van der Waals surface area contributed by atoms with Crippen molar-refractivity contribution in [3.63, 3.8) is 0 Å².